The summed E-state index contributed by atoms with van der Waals surface area (Å²) in [6, 6.07) is 68.6. The molecule has 1 nitrogen and oxygen atoms in total. The van der Waals surface area contributed by atoms with E-state index in [1.54, 1.807) is 0 Å². The number of hydrogen-bond acceptors (Lipinski definition) is 1. The van der Waals surface area contributed by atoms with Crippen LogP contribution in [0.2, 0.25) is 0 Å². The number of rotatable bonds is 6. The molecule has 0 saturated heterocycles. The van der Waals surface area contributed by atoms with Crippen LogP contribution in [0.5, 0.6) is 5.75 Å². The molecule has 7 rings (SSSR count). The van der Waals surface area contributed by atoms with Crippen molar-refractivity contribution in [1.82, 2.24) is 0 Å². The van der Waals surface area contributed by atoms with Crippen molar-refractivity contribution < 1.29 is 26.2 Å². The van der Waals surface area contributed by atoms with Crippen molar-refractivity contribution in [2.75, 3.05) is 0 Å². The Morgan fingerprint density at radius 2 is 0.618 bits per heavy atom. The van der Waals surface area contributed by atoms with E-state index in [0.29, 0.717) is 5.56 Å². The van der Waals surface area contributed by atoms with Crippen LogP contribution in [0.1, 0.15) is 58.2 Å². The minimum Gasteiger partial charge on any atom is -0.928 e. The van der Waals surface area contributed by atoms with Crippen molar-refractivity contribution in [3.63, 3.8) is 0 Å². The molecule has 0 unspecified atom stereocenters. The molecular formula is C51H52OP2Pt. The van der Waals surface area contributed by atoms with Crippen molar-refractivity contribution in [3.05, 3.63) is 218 Å². The van der Waals surface area contributed by atoms with Crippen molar-refractivity contribution in [2.45, 2.75) is 52.4 Å². The largest absolute Gasteiger partial charge is 2.00 e. The molecule has 7 aromatic carbocycles. The van der Waals surface area contributed by atoms with Crippen LogP contribution in [0.25, 0.3) is 0 Å². The molecule has 0 heterocycles. The topological polar surface area (TPSA) is 23.1 Å². The van der Waals surface area contributed by atoms with Crippen LogP contribution in [0.4, 0.5) is 0 Å². The average molecular weight is 938 g/mol. The summed E-state index contributed by atoms with van der Waals surface area (Å²) in [6.07, 6.45) is 0. The van der Waals surface area contributed by atoms with Gasteiger partial charge in [0, 0.05) is 0 Å². The van der Waals surface area contributed by atoms with E-state index in [1.165, 1.54) is 37.4 Å². The van der Waals surface area contributed by atoms with Gasteiger partial charge in [-0.3, -0.25) is 0 Å². The first-order valence-electron chi connectivity index (χ1n) is 18.5. The van der Waals surface area contributed by atoms with Crippen molar-refractivity contribution in [3.8, 4) is 5.75 Å². The first-order chi connectivity index (χ1) is 25.9. The second-order valence-corrected chi connectivity index (χ2v) is 19.6. The monoisotopic (exact) mass is 937 g/mol. The van der Waals surface area contributed by atoms with Crippen LogP contribution in [0, 0.1) is 6.92 Å². The summed E-state index contributed by atoms with van der Waals surface area (Å²) in [5, 5.41) is 20.4. The number of hydrogen-bond donors (Lipinski definition) is 0. The zero-order chi connectivity index (χ0) is 38.6. The predicted molar refractivity (Wildman–Crippen MR) is 238 cm³/mol. The maximum Gasteiger partial charge on any atom is 2.00 e. The fourth-order valence-electron chi connectivity index (χ4n) is 6.04. The molecule has 7 aromatic rings. The molecule has 0 aromatic heterocycles. The molecule has 0 atom stereocenters. The van der Waals surface area contributed by atoms with Gasteiger partial charge in [-0.1, -0.05) is 235 Å². The summed E-state index contributed by atoms with van der Waals surface area (Å²) >= 11 is 0. The third kappa shape index (κ3) is 12.4. The molecule has 0 N–H and O–H groups in total. The average Bonchev–Trinajstić information content (AvgIpc) is 3.18. The van der Waals surface area contributed by atoms with E-state index in [4.69, 9.17) is 0 Å². The molecule has 0 aliphatic carbocycles. The second kappa shape index (κ2) is 20.6. The molecule has 0 bridgehead atoms. The van der Waals surface area contributed by atoms with Crippen LogP contribution >= 0.6 is 15.8 Å². The molecule has 4 heteroatoms. The van der Waals surface area contributed by atoms with Gasteiger partial charge in [0.05, 0.1) is 0 Å². The van der Waals surface area contributed by atoms with Gasteiger partial charge in [-0.2, -0.15) is 13.0 Å². The fourth-order valence-corrected chi connectivity index (χ4v) is 10.6. The molecular weight excluding hydrogens is 886 g/mol. The Labute approximate surface area is 347 Å². The Hall–Kier alpha value is -4.24. The normalized spacial score (nSPS) is 11.1. The van der Waals surface area contributed by atoms with Crippen LogP contribution in [0.15, 0.2) is 194 Å². The van der Waals surface area contributed by atoms with E-state index in [2.05, 4.69) is 230 Å². The van der Waals surface area contributed by atoms with E-state index in [9.17, 15) is 5.11 Å². The Bertz CT molecular complexity index is 1820. The summed E-state index contributed by atoms with van der Waals surface area (Å²) in [6.45, 7) is 16.5. The molecule has 0 saturated carbocycles. The third-order valence-electron chi connectivity index (χ3n) is 8.93. The summed E-state index contributed by atoms with van der Waals surface area (Å²) in [5.74, 6) is 0.0838. The van der Waals surface area contributed by atoms with E-state index < -0.39 is 15.8 Å². The van der Waals surface area contributed by atoms with E-state index in [-0.39, 0.29) is 37.6 Å². The van der Waals surface area contributed by atoms with Gasteiger partial charge >= 0.3 is 21.1 Å². The van der Waals surface area contributed by atoms with Crippen LogP contribution in [-0.4, -0.2) is 0 Å². The first kappa shape index (κ1) is 43.5. The standard InChI is InChI=1S/2C18H15P.C15H23O.Pt/c2*1-4-10-16(11-5-1)19(17-12-6-2-7-13-17)18-14-8-3-9-15-18;1-10-8-11(14(2,3)4)9-12(13(10)16)15(5,6)7;/h2*1-15H;8-9,16H,1H2,2-7H3;/q;;-1;+2/p-1. The quantitative estimate of drug-likeness (QED) is 0.120. The maximum atomic E-state index is 12.0. The van der Waals surface area contributed by atoms with Crippen molar-refractivity contribution in [1.29, 1.82) is 0 Å². The Morgan fingerprint density at radius 1 is 0.382 bits per heavy atom. The second-order valence-electron chi connectivity index (χ2n) is 15.2. The van der Waals surface area contributed by atoms with E-state index >= 15 is 0 Å². The van der Waals surface area contributed by atoms with E-state index in [1.807, 2.05) is 12.1 Å². The summed E-state index contributed by atoms with van der Waals surface area (Å²) in [4.78, 5) is 0. The molecule has 55 heavy (non-hydrogen) atoms. The molecule has 0 aliphatic heterocycles. The van der Waals surface area contributed by atoms with Crippen LogP contribution < -0.4 is 36.9 Å². The smallest absolute Gasteiger partial charge is 0.928 e. The Kier molecular flexibility index (Phi) is 16.3. The molecule has 0 radical (unpaired) electrons. The molecule has 0 aliphatic rings. The Balaban J connectivity index is 0.000000183. The van der Waals surface area contributed by atoms with Gasteiger partial charge in [0.15, 0.2) is 0 Å². The molecule has 0 amide bonds. The zero-order valence-corrected chi connectivity index (χ0v) is 36.9. The zero-order valence-electron chi connectivity index (χ0n) is 32.8. The van der Waals surface area contributed by atoms with Gasteiger partial charge in [0.2, 0.25) is 0 Å². The van der Waals surface area contributed by atoms with Gasteiger partial charge in [-0.25, -0.2) is 11.3 Å². The summed E-state index contributed by atoms with van der Waals surface area (Å²) < 4.78 is 0. The van der Waals surface area contributed by atoms with Crippen LogP contribution in [0.3, 0.4) is 0 Å². The Morgan fingerprint density at radius 3 is 0.818 bits per heavy atom. The SMILES string of the molecule is [CH2-]c1cc(C(C)(C)C)cc(C(C)(C)C)c1[O-].[Pt+2].c1ccc(P(c2ccccc2)c2ccccc2)cc1.c1ccc(P(c2ccccc2)c2ccccc2)cc1. The molecule has 0 fully saturated rings. The van der Waals surface area contributed by atoms with Gasteiger partial charge in [-0.15, -0.1) is 5.56 Å². The fraction of sp³-hybridized carbons (Fsp3) is 0.157. The minimum absolute atomic E-state index is 0. The van der Waals surface area contributed by atoms with Crippen LogP contribution in [-0.2, 0) is 31.9 Å². The van der Waals surface area contributed by atoms with Crippen molar-refractivity contribution in [2.24, 2.45) is 0 Å². The van der Waals surface area contributed by atoms with Gasteiger partial charge in [-0.05, 0) is 58.5 Å². The first-order valence-corrected chi connectivity index (χ1v) is 21.2. The third-order valence-corrected chi connectivity index (χ3v) is 13.8. The minimum atomic E-state index is -0.446. The van der Waals surface area contributed by atoms with E-state index in [0.717, 1.165) is 5.56 Å². The molecule has 282 valence electrons. The summed E-state index contributed by atoms with van der Waals surface area (Å²) in [7, 11) is -0.892. The maximum absolute atomic E-state index is 12.0. The predicted octanol–water partition coefficient (Wildman–Crippen LogP) is 10.4. The van der Waals surface area contributed by atoms with Crippen molar-refractivity contribution >= 4 is 47.7 Å². The number of benzene rings is 7. The molecule has 0 spiro atoms. The summed E-state index contributed by atoms with van der Waals surface area (Å²) in [5.41, 5.74) is 2.59. The van der Waals surface area contributed by atoms with Gasteiger partial charge in [0.25, 0.3) is 0 Å². The van der Waals surface area contributed by atoms with Gasteiger partial charge < -0.3 is 5.11 Å². The van der Waals surface area contributed by atoms with Gasteiger partial charge in [0.1, 0.15) is 0 Å².